The standard InChI is InChI=1S/C12H19FN2/c1-10(9-15(2)3)14-8-11-4-6-12(13)7-5-11/h4-7,10,14H,8-9H2,1-3H3. The predicted molar refractivity (Wildman–Crippen MR) is 61.3 cm³/mol. The Balaban J connectivity index is 2.33. The van der Waals surface area contributed by atoms with Gasteiger partial charge in [0.25, 0.3) is 0 Å². The topological polar surface area (TPSA) is 15.3 Å². The zero-order valence-corrected chi connectivity index (χ0v) is 9.63. The molecule has 0 aliphatic heterocycles. The van der Waals surface area contributed by atoms with Crippen LogP contribution in [0.25, 0.3) is 0 Å². The maximum atomic E-state index is 12.6. The van der Waals surface area contributed by atoms with Gasteiger partial charge in [0, 0.05) is 19.1 Å². The number of likely N-dealkylation sites (N-methyl/N-ethyl adjacent to an activating group) is 1. The summed E-state index contributed by atoms with van der Waals surface area (Å²) in [4.78, 5) is 2.14. The zero-order valence-electron chi connectivity index (χ0n) is 9.63. The molecule has 0 spiro atoms. The van der Waals surface area contributed by atoms with E-state index >= 15 is 0 Å². The molecule has 0 saturated heterocycles. The summed E-state index contributed by atoms with van der Waals surface area (Å²) in [5.41, 5.74) is 1.11. The van der Waals surface area contributed by atoms with E-state index in [1.807, 2.05) is 12.1 Å². The maximum Gasteiger partial charge on any atom is 0.123 e. The van der Waals surface area contributed by atoms with Gasteiger partial charge in [-0.1, -0.05) is 12.1 Å². The van der Waals surface area contributed by atoms with Gasteiger partial charge in [-0.05, 0) is 38.7 Å². The normalized spacial score (nSPS) is 13.1. The van der Waals surface area contributed by atoms with E-state index in [1.54, 1.807) is 0 Å². The van der Waals surface area contributed by atoms with Crippen molar-refractivity contribution in [2.75, 3.05) is 20.6 Å². The Morgan fingerprint density at radius 1 is 1.27 bits per heavy atom. The highest BCUT2D eigenvalue weighted by Crippen LogP contribution is 2.02. The third-order valence-electron chi connectivity index (χ3n) is 2.21. The van der Waals surface area contributed by atoms with E-state index in [0.717, 1.165) is 18.7 Å². The van der Waals surface area contributed by atoms with Crippen molar-refractivity contribution in [1.29, 1.82) is 0 Å². The SMILES string of the molecule is CC(CN(C)C)NCc1ccc(F)cc1. The first-order valence-electron chi connectivity index (χ1n) is 5.20. The predicted octanol–water partition coefficient (Wildman–Crippen LogP) is 1.87. The Hall–Kier alpha value is -0.930. The van der Waals surface area contributed by atoms with E-state index < -0.39 is 0 Å². The first-order valence-corrected chi connectivity index (χ1v) is 5.20. The van der Waals surface area contributed by atoms with E-state index in [1.165, 1.54) is 12.1 Å². The van der Waals surface area contributed by atoms with Gasteiger partial charge in [0.05, 0.1) is 0 Å². The summed E-state index contributed by atoms with van der Waals surface area (Å²) in [6.45, 7) is 3.93. The monoisotopic (exact) mass is 210 g/mol. The lowest BCUT2D eigenvalue weighted by Crippen LogP contribution is -2.35. The van der Waals surface area contributed by atoms with Crippen molar-refractivity contribution in [2.24, 2.45) is 0 Å². The Kier molecular flexibility index (Phi) is 4.72. The number of hydrogen-bond acceptors (Lipinski definition) is 2. The lowest BCUT2D eigenvalue weighted by molar-refractivity contribution is 0.349. The van der Waals surface area contributed by atoms with Crippen LogP contribution in [-0.4, -0.2) is 31.6 Å². The van der Waals surface area contributed by atoms with Crippen molar-refractivity contribution >= 4 is 0 Å². The highest BCUT2D eigenvalue weighted by molar-refractivity contribution is 5.15. The first-order chi connectivity index (χ1) is 7.08. The number of nitrogens with one attached hydrogen (secondary N) is 1. The van der Waals surface area contributed by atoms with Crippen molar-refractivity contribution in [2.45, 2.75) is 19.5 Å². The molecule has 1 atom stereocenters. The fraction of sp³-hybridized carbons (Fsp3) is 0.500. The van der Waals surface area contributed by atoms with Gasteiger partial charge in [-0.3, -0.25) is 0 Å². The van der Waals surface area contributed by atoms with Crippen molar-refractivity contribution in [1.82, 2.24) is 10.2 Å². The summed E-state index contributed by atoms with van der Waals surface area (Å²) < 4.78 is 12.6. The van der Waals surface area contributed by atoms with Crippen molar-refractivity contribution in [3.05, 3.63) is 35.6 Å². The van der Waals surface area contributed by atoms with Crippen LogP contribution in [0.4, 0.5) is 4.39 Å². The third kappa shape index (κ3) is 4.91. The highest BCUT2D eigenvalue weighted by atomic mass is 19.1. The average molecular weight is 210 g/mol. The molecular formula is C12H19FN2. The Labute approximate surface area is 91.1 Å². The second kappa shape index (κ2) is 5.83. The second-order valence-corrected chi connectivity index (χ2v) is 4.17. The van der Waals surface area contributed by atoms with Gasteiger partial charge in [-0.15, -0.1) is 0 Å². The van der Waals surface area contributed by atoms with Crippen LogP contribution in [-0.2, 0) is 6.54 Å². The van der Waals surface area contributed by atoms with E-state index in [4.69, 9.17) is 0 Å². The van der Waals surface area contributed by atoms with Crippen molar-refractivity contribution in [3.8, 4) is 0 Å². The minimum absolute atomic E-state index is 0.180. The maximum absolute atomic E-state index is 12.6. The van der Waals surface area contributed by atoms with Gasteiger partial charge < -0.3 is 10.2 Å². The van der Waals surface area contributed by atoms with E-state index in [0.29, 0.717) is 6.04 Å². The molecule has 84 valence electrons. The zero-order chi connectivity index (χ0) is 11.3. The van der Waals surface area contributed by atoms with Crippen molar-refractivity contribution in [3.63, 3.8) is 0 Å². The van der Waals surface area contributed by atoms with Crippen LogP contribution in [0.5, 0.6) is 0 Å². The van der Waals surface area contributed by atoms with Gasteiger partial charge in [-0.25, -0.2) is 4.39 Å². The molecule has 0 saturated carbocycles. The Bertz CT molecular complexity index is 282. The summed E-state index contributed by atoms with van der Waals surface area (Å²) in [5.74, 6) is -0.180. The fourth-order valence-electron chi connectivity index (χ4n) is 1.51. The minimum Gasteiger partial charge on any atom is -0.309 e. The molecule has 15 heavy (non-hydrogen) atoms. The molecule has 0 radical (unpaired) electrons. The molecule has 0 fully saturated rings. The molecule has 1 rings (SSSR count). The lowest BCUT2D eigenvalue weighted by Gasteiger charge is -2.18. The molecule has 0 heterocycles. The highest BCUT2D eigenvalue weighted by Gasteiger charge is 2.02. The van der Waals surface area contributed by atoms with E-state index in [2.05, 4.69) is 31.2 Å². The number of hydrogen-bond donors (Lipinski definition) is 1. The third-order valence-corrected chi connectivity index (χ3v) is 2.21. The van der Waals surface area contributed by atoms with Gasteiger partial charge in [0.2, 0.25) is 0 Å². The molecule has 1 aromatic carbocycles. The van der Waals surface area contributed by atoms with E-state index in [-0.39, 0.29) is 5.82 Å². The molecule has 1 aromatic rings. The molecule has 2 nitrogen and oxygen atoms in total. The Morgan fingerprint density at radius 2 is 1.87 bits per heavy atom. The molecule has 1 unspecified atom stereocenters. The first kappa shape index (κ1) is 12.1. The Morgan fingerprint density at radius 3 is 2.40 bits per heavy atom. The van der Waals surface area contributed by atoms with Gasteiger partial charge in [0.15, 0.2) is 0 Å². The summed E-state index contributed by atoms with van der Waals surface area (Å²) in [6, 6.07) is 7.04. The van der Waals surface area contributed by atoms with Crippen molar-refractivity contribution < 1.29 is 4.39 Å². The molecule has 0 aromatic heterocycles. The van der Waals surface area contributed by atoms with Gasteiger partial charge in [0.1, 0.15) is 5.82 Å². The van der Waals surface area contributed by atoms with Crippen LogP contribution >= 0.6 is 0 Å². The number of halogens is 1. The van der Waals surface area contributed by atoms with Gasteiger partial charge >= 0.3 is 0 Å². The summed E-state index contributed by atoms with van der Waals surface area (Å²) in [6.07, 6.45) is 0. The number of benzene rings is 1. The molecule has 1 N–H and O–H groups in total. The number of nitrogens with zero attached hydrogens (tertiary/aromatic N) is 1. The van der Waals surface area contributed by atoms with Gasteiger partial charge in [-0.2, -0.15) is 0 Å². The van der Waals surface area contributed by atoms with Crippen LogP contribution < -0.4 is 5.32 Å². The molecule has 0 aliphatic carbocycles. The van der Waals surface area contributed by atoms with Crippen LogP contribution in [0.1, 0.15) is 12.5 Å². The molecule has 0 bridgehead atoms. The van der Waals surface area contributed by atoms with Crippen LogP contribution in [0.2, 0.25) is 0 Å². The fourth-order valence-corrected chi connectivity index (χ4v) is 1.51. The quantitative estimate of drug-likeness (QED) is 0.798. The average Bonchev–Trinajstić information content (AvgIpc) is 2.16. The van der Waals surface area contributed by atoms with E-state index in [9.17, 15) is 4.39 Å². The molecule has 3 heteroatoms. The molecule has 0 aliphatic rings. The minimum atomic E-state index is -0.180. The molecule has 0 amide bonds. The summed E-state index contributed by atoms with van der Waals surface area (Å²) in [7, 11) is 4.10. The number of rotatable bonds is 5. The summed E-state index contributed by atoms with van der Waals surface area (Å²) >= 11 is 0. The largest absolute Gasteiger partial charge is 0.309 e. The summed E-state index contributed by atoms with van der Waals surface area (Å²) in [5, 5.41) is 3.39. The molecular weight excluding hydrogens is 191 g/mol. The smallest absolute Gasteiger partial charge is 0.123 e. The van der Waals surface area contributed by atoms with Crippen LogP contribution in [0.3, 0.4) is 0 Å². The second-order valence-electron chi connectivity index (χ2n) is 4.17. The van der Waals surface area contributed by atoms with Crippen LogP contribution in [0.15, 0.2) is 24.3 Å². The van der Waals surface area contributed by atoms with Crippen LogP contribution in [0, 0.1) is 5.82 Å². The lowest BCUT2D eigenvalue weighted by atomic mass is 10.2.